The molecule has 0 spiro atoms. The molecule has 0 saturated heterocycles. The van der Waals surface area contributed by atoms with E-state index in [4.69, 9.17) is 23.2 Å². The smallest absolute Gasteiger partial charge is 0.253 e. The summed E-state index contributed by atoms with van der Waals surface area (Å²) in [6.07, 6.45) is 3.11. The maximum absolute atomic E-state index is 11.9. The van der Waals surface area contributed by atoms with Gasteiger partial charge in [-0.05, 0) is 13.0 Å². The average Bonchev–Trinajstić information content (AvgIpc) is 2.70. The first-order valence-electron chi connectivity index (χ1n) is 5.55. The molecule has 0 bridgehead atoms. The summed E-state index contributed by atoms with van der Waals surface area (Å²) in [4.78, 5) is 15.8. The number of halogens is 2. The van der Waals surface area contributed by atoms with Gasteiger partial charge < -0.3 is 5.32 Å². The first kappa shape index (κ1) is 13.8. The number of carbonyl (C=O) groups is 1. The maximum atomic E-state index is 11.9. The van der Waals surface area contributed by atoms with Crippen LogP contribution in [0, 0.1) is 6.92 Å². The molecule has 100 valence electrons. The Labute approximate surface area is 120 Å². The third-order valence-electron chi connectivity index (χ3n) is 2.83. The number of nitrogens with zero attached hydrogens (tertiary/aromatic N) is 3. The highest BCUT2D eigenvalue weighted by Crippen LogP contribution is 2.19. The number of amides is 1. The van der Waals surface area contributed by atoms with E-state index >= 15 is 0 Å². The van der Waals surface area contributed by atoms with E-state index in [1.165, 1.54) is 12.3 Å². The Kier molecular flexibility index (Phi) is 4.07. The number of carbonyl (C=O) groups excluding carboxylic acids is 1. The van der Waals surface area contributed by atoms with Crippen LogP contribution in [-0.4, -0.2) is 20.7 Å². The van der Waals surface area contributed by atoms with E-state index in [1.54, 1.807) is 10.9 Å². The second-order valence-electron chi connectivity index (χ2n) is 4.06. The zero-order chi connectivity index (χ0) is 14.0. The van der Waals surface area contributed by atoms with Gasteiger partial charge in [0.15, 0.2) is 0 Å². The maximum Gasteiger partial charge on any atom is 0.253 e. The van der Waals surface area contributed by atoms with Gasteiger partial charge in [-0.15, -0.1) is 0 Å². The minimum atomic E-state index is -0.255. The lowest BCUT2D eigenvalue weighted by Gasteiger charge is -2.05. The van der Waals surface area contributed by atoms with Crippen LogP contribution in [0.25, 0.3) is 0 Å². The van der Waals surface area contributed by atoms with Gasteiger partial charge in [0, 0.05) is 31.0 Å². The van der Waals surface area contributed by atoms with E-state index in [9.17, 15) is 4.79 Å². The van der Waals surface area contributed by atoms with Crippen LogP contribution in [0.4, 0.5) is 0 Å². The number of hydrogen-bond acceptors (Lipinski definition) is 3. The first-order chi connectivity index (χ1) is 8.99. The molecule has 0 fully saturated rings. The predicted molar refractivity (Wildman–Crippen MR) is 73.4 cm³/mol. The summed E-state index contributed by atoms with van der Waals surface area (Å²) < 4.78 is 1.75. The van der Waals surface area contributed by atoms with Crippen LogP contribution < -0.4 is 5.32 Å². The molecule has 0 atom stereocenters. The lowest BCUT2D eigenvalue weighted by Crippen LogP contribution is -2.23. The Hall–Kier alpha value is -1.59. The number of aromatic nitrogens is 3. The van der Waals surface area contributed by atoms with E-state index in [0.717, 1.165) is 11.3 Å². The standard InChI is InChI=1S/C12H12Cl2N4O/c1-7-9(6-17-18(7)2)5-16-12(19)8-3-10(13)11(14)15-4-8/h3-4,6H,5H2,1-2H3,(H,16,19). The van der Waals surface area contributed by atoms with Crippen molar-refractivity contribution >= 4 is 29.1 Å². The van der Waals surface area contributed by atoms with E-state index in [0.29, 0.717) is 12.1 Å². The molecule has 1 amide bonds. The number of nitrogens with one attached hydrogen (secondary N) is 1. The van der Waals surface area contributed by atoms with E-state index in [2.05, 4.69) is 15.4 Å². The van der Waals surface area contributed by atoms with Gasteiger partial charge in [0.25, 0.3) is 5.91 Å². The molecule has 0 aliphatic carbocycles. The minimum absolute atomic E-state index is 0.182. The molecule has 2 rings (SSSR count). The number of aryl methyl sites for hydroxylation is 1. The molecular formula is C12H12Cl2N4O. The highest BCUT2D eigenvalue weighted by Gasteiger charge is 2.10. The fraction of sp³-hybridized carbons (Fsp3) is 0.250. The van der Waals surface area contributed by atoms with E-state index in [1.807, 2.05) is 14.0 Å². The van der Waals surface area contributed by atoms with Crippen molar-refractivity contribution < 1.29 is 4.79 Å². The topological polar surface area (TPSA) is 59.8 Å². The summed E-state index contributed by atoms with van der Waals surface area (Å²) in [6.45, 7) is 2.34. The first-order valence-corrected chi connectivity index (χ1v) is 6.31. The van der Waals surface area contributed by atoms with Crippen LogP contribution in [0.2, 0.25) is 10.2 Å². The van der Waals surface area contributed by atoms with Crippen LogP contribution in [0.1, 0.15) is 21.6 Å². The molecule has 0 radical (unpaired) electrons. The fourth-order valence-electron chi connectivity index (χ4n) is 1.54. The van der Waals surface area contributed by atoms with Gasteiger partial charge in [0.2, 0.25) is 0 Å². The number of pyridine rings is 1. The van der Waals surface area contributed by atoms with Gasteiger partial charge in [-0.1, -0.05) is 23.2 Å². The zero-order valence-corrected chi connectivity index (χ0v) is 12.0. The van der Waals surface area contributed by atoms with Crippen molar-refractivity contribution in [1.29, 1.82) is 0 Å². The van der Waals surface area contributed by atoms with Crippen molar-refractivity contribution in [2.75, 3.05) is 0 Å². The second-order valence-corrected chi connectivity index (χ2v) is 4.82. The highest BCUT2D eigenvalue weighted by molar-refractivity contribution is 6.41. The molecule has 5 nitrogen and oxygen atoms in total. The molecule has 2 aromatic heterocycles. The Balaban J connectivity index is 2.05. The minimum Gasteiger partial charge on any atom is -0.348 e. The molecule has 0 aliphatic rings. The molecule has 0 aliphatic heterocycles. The van der Waals surface area contributed by atoms with Crippen LogP contribution in [0.5, 0.6) is 0 Å². The SMILES string of the molecule is Cc1c(CNC(=O)c2cnc(Cl)c(Cl)c2)cnn1C. The number of hydrogen-bond donors (Lipinski definition) is 1. The van der Waals surface area contributed by atoms with Crippen LogP contribution in [-0.2, 0) is 13.6 Å². The lowest BCUT2D eigenvalue weighted by atomic mass is 10.2. The summed E-state index contributed by atoms with van der Waals surface area (Å²) in [5.74, 6) is -0.255. The van der Waals surface area contributed by atoms with Crippen molar-refractivity contribution in [3.05, 3.63) is 45.5 Å². The van der Waals surface area contributed by atoms with E-state index in [-0.39, 0.29) is 16.1 Å². The van der Waals surface area contributed by atoms with E-state index < -0.39 is 0 Å². The normalized spacial score (nSPS) is 10.5. The third-order valence-corrected chi connectivity index (χ3v) is 3.52. The van der Waals surface area contributed by atoms with Crippen molar-refractivity contribution in [3.63, 3.8) is 0 Å². The van der Waals surface area contributed by atoms with Crippen LogP contribution in [0.15, 0.2) is 18.5 Å². The van der Waals surface area contributed by atoms with Crippen molar-refractivity contribution in [2.45, 2.75) is 13.5 Å². The van der Waals surface area contributed by atoms with Gasteiger partial charge in [-0.25, -0.2) is 4.98 Å². The summed E-state index contributed by atoms with van der Waals surface area (Å²) >= 11 is 11.5. The summed E-state index contributed by atoms with van der Waals surface area (Å²) in [5, 5.41) is 7.33. The summed E-state index contributed by atoms with van der Waals surface area (Å²) in [6, 6.07) is 1.49. The van der Waals surface area contributed by atoms with Crippen molar-refractivity contribution in [1.82, 2.24) is 20.1 Å². The molecule has 7 heteroatoms. The Morgan fingerprint density at radius 1 is 1.42 bits per heavy atom. The number of rotatable bonds is 3. The Bertz CT molecular complexity index is 624. The molecule has 1 N–H and O–H groups in total. The fourth-order valence-corrected chi connectivity index (χ4v) is 1.81. The quantitative estimate of drug-likeness (QED) is 0.885. The second kappa shape index (κ2) is 5.59. The van der Waals surface area contributed by atoms with Crippen LogP contribution in [0.3, 0.4) is 0 Å². The van der Waals surface area contributed by atoms with Gasteiger partial charge >= 0.3 is 0 Å². The molecule has 2 aromatic rings. The van der Waals surface area contributed by atoms with Crippen LogP contribution >= 0.6 is 23.2 Å². The van der Waals surface area contributed by atoms with Gasteiger partial charge in [0.1, 0.15) is 5.15 Å². The summed E-state index contributed by atoms with van der Waals surface area (Å²) in [5.41, 5.74) is 2.34. The Morgan fingerprint density at radius 3 is 2.74 bits per heavy atom. The Morgan fingerprint density at radius 2 is 2.16 bits per heavy atom. The molecule has 0 saturated carbocycles. The predicted octanol–water partition coefficient (Wildman–Crippen LogP) is 2.36. The third kappa shape index (κ3) is 3.05. The highest BCUT2D eigenvalue weighted by atomic mass is 35.5. The zero-order valence-electron chi connectivity index (χ0n) is 10.4. The molecule has 2 heterocycles. The van der Waals surface area contributed by atoms with Gasteiger partial charge in [0.05, 0.1) is 16.8 Å². The van der Waals surface area contributed by atoms with Gasteiger partial charge in [-0.3, -0.25) is 9.48 Å². The molecule has 0 unspecified atom stereocenters. The van der Waals surface area contributed by atoms with Gasteiger partial charge in [-0.2, -0.15) is 5.10 Å². The largest absolute Gasteiger partial charge is 0.348 e. The molecule has 19 heavy (non-hydrogen) atoms. The average molecular weight is 299 g/mol. The molecule has 0 aromatic carbocycles. The van der Waals surface area contributed by atoms with Crippen molar-refractivity contribution in [2.24, 2.45) is 7.05 Å². The monoisotopic (exact) mass is 298 g/mol. The molecular weight excluding hydrogens is 287 g/mol. The lowest BCUT2D eigenvalue weighted by molar-refractivity contribution is 0.0950. The van der Waals surface area contributed by atoms with Crippen molar-refractivity contribution in [3.8, 4) is 0 Å². The summed E-state index contributed by atoms with van der Waals surface area (Å²) in [7, 11) is 1.85.